The van der Waals surface area contributed by atoms with Crippen LogP contribution in [0.1, 0.15) is 29.2 Å². The maximum Gasteiger partial charge on any atom is 0.319 e. The third-order valence-corrected chi connectivity index (χ3v) is 5.85. The van der Waals surface area contributed by atoms with Crippen LogP contribution in [0.4, 0.5) is 17.3 Å². The van der Waals surface area contributed by atoms with E-state index in [0.717, 1.165) is 28.1 Å². The van der Waals surface area contributed by atoms with Crippen molar-refractivity contribution in [2.45, 2.75) is 19.3 Å². The molecule has 2 heterocycles. The zero-order chi connectivity index (χ0) is 24.3. The first-order chi connectivity index (χ1) is 16.4. The Balaban J connectivity index is 1.70. The molecule has 34 heavy (non-hydrogen) atoms. The number of nitriles is 2. The Bertz CT molecular complexity index is 1360. The molecule has 0 radical (unpaired) electrons. The highest BCUT2D eigenvalue weighted by atomic mass is 16.5. The number of ether oxygens (including phenoxy) is 1. The summed E-state index contributed by atoms with van der Waals surface area (Å²) in [5.74, 6) is -0.110. The summed E-state index contributed by atoms with van der Waals surface area (Å²) in [6.07, 6.45) is 1.63. The SMILES string of the molecule is Cc1ccc(C#N)cc1Nc1nccc(-c2cc(C#N)c3c(c2)C(C)(COC(=O)CN)CN3)n1. The summed E-state index contributed by atoms with van der Waals surface area (Å²) < 4.78 is 5.32. The van der Waals surface area contributed by atoms with Crippen molar-refractivity contribution in [3.8, 4) is 23.4 Å². The van der Waals surface area contributed by atoms with E-state index in [0.29, 0.717) is 29.3 Å². The summed E-state index contributed by atoms with van der Waals surface area (Å²) in [5.41, 5.74) is 10.5. The largest absolute Gasteiger partial charge is 0.464 e. The monoisotopic (exact) mass is 453 g/mol. The summed E-state index contributed by atoms with van der Waals surface area (Å²) in [6, 6.07) is 15.2. The zero-order valence-corrected chi connectivity index (χ0v) is 18.8. The Morgan fingerprint density at radius 3 is 2.82 bits per heavy atom. The number of nitrogens with two attached hydrogens (primary N) is 1. The Kier molecular flexibility index (Phi) is 6.13. The number of rotatable bonds is 6. The van der Waals surface area contributed by atoms with Crippen LogP contribution in [0.2, 0.25) is 0 Å². The van der Waals surface area contributed by atoms with Gasteiger partial charge in [-0.15, -0.1) is 0 Å². The Morgan fingerprint density at radius 2 is 2.09 bits per heavy atom. The van der Waals surface area contributed by atoms with Gasteiger partial charge in [-0.25, -0.2) is 9.97 Å². The van der Waals surface area contributed by atoms with Gasteiger partial charge in [0.05, 0.1) is 35.1 Å². The lowest BCUT2D eigenvalue weighted by molar-refractivity contribution is -0.143. The third-order valence-electron chi connectivity index (χ3n) is 5.85. The molecule has 2 aromatic carbocycles. The van der Waals surface area contributed by atoms with E-state index < -0.39 is 11.4 Å². The van der Waals surface area contributed by atoms with Crippen LogP contribution >= 0.6 is 0 Å². The minimum atomic E-state index is -0.523. The highest BCUT2D eigenvalue weighted by Gasteiger charge is 2.37. The normalized spacial score (nSPS) is 16.0. The maximum atomic E-state index is 11.6. The number of esters is 1. The average molecular weight is 454 g/mol. The molecule has 0 bridgehead atoms. The maximum absolute atomic E-state index is 11.6. The predicted octanol–water partition coefficient (Wildman–Crippen LogP) is 3.12. The molecule has 4 rings (SSSR count). The molecule has 1 atom stereocenters. The predicted molar refractivity (Wildman–Crippen MR) is 127 cm³/mol. The van der Waals surface area contributed by atoms with E-state index >= 15 is 0 Å². The molecule has 0 saturated carbocycles. The van der Waals surface area contributed by atoms with E-state index in [1.54, 1.807) is 30.5 Å². The van der Waals surface area contributed by atoms with E-state index in [9.17, 15) is 15.3 Å². The molecule has 9 heteroatoms. The Morgan fingerprint density at radius 1 is 1.26 bits per heavy atom. The van der Waals surface area contributed by atoms with Gasteiger partial charge in [-0.2, -0.15) is 10.5 Å². The van der Waals surface area contributed by atoms with E-state index in [4.69, 9.17) is 10.5 Å². The van der Waals surface area contributed by atoms with Gasteiger partial charge in [0.15, 0.2) is 0 Å². The van der Waals surface area contributed by atoms with Crippen molar-refractivity contribution in [1.29, 1.82) is 10.5 Å². The highest BCUT2D eigenvalue weighted by Crippen LogP contribution is 2.41. The Labute approximate surface area is 197 Å². The zero-order valence-electron chi connectivity index (χ0n) is 18.8. The molecule has 9 nitrogen and oxygen atoms in total. The average Bonchev–Trinajstić information content (AvgIpc) is 3.20. The van der Waals surface area contributed by atoms with Crippen molar-refractivity contribution in [3.63, 3.8) is 0 Å². The van der Waals surface area contributed by atoms with Gasteiger partial charge in [0.2, 0.25) is 5.95 Å². The topological polar surface area (TPSA) is 150 Å². The van der Waals surface area contributed by atoms with Gasteiger partial charge in [0, 0.05) is 29.4 Å². The molecule has 0 spiro atoms. The van der Waals surface area contributed by atoms with Gasteiger partial charge in [0.1, 0.15) is 12.7 Å². The number of carbonyl (C=O) groups is 1. The molecule has 3 aromatic rings. The van der Waals surface area contributed by atoms with Crippen molar-refractivity contribution in [2.24, 2.45) is 5.73 Å². The van der Waals surface area contributed by atoms with Crippen LogP contribution in [0, 0.1) is 29.6 Å². The smallest absolute Gasteiger partial charge is 0.319 e. The van der Waals surface area contributed by atoms with E-state index in [1.807, 2.05) is 26.0 Å². The first-order valence-corrected chi connectivity index (χ1v) is 10.7. The number of benzene rings is 2. The summed E-state index contributed by atoms with van der Waals surface area (Å²) in [4.78, 5) is 20.6. The number of anilines is 3. The molecule has 1 aliphatic rings. The number of nitrogens with one attached hydrogen (secondary N) is 2. The number of fused-ring (bicyclic) bond motifs is 1. The van der Waals surface area contributed by atoms with E-state index in [-0.39, 0.29) is 13.2 Å². The van der Waals surface area contributed by atoms with Crippen molar-refractivity contribution in [3.05, 3.63) is 64.8 Å². The van der Waals surface area contributed by atoms with Crippen LogP contribution in [0.25, 0.3) is 11.3 Å². The van der Waals surface area contributed by atoms with Gasteiger partial charge < -0.3 is 21.1 Å². The van der Waals surface area contributed by atoms with Crippen LogP contribution in [0.3, 0.4) is 0 Å². The van der Waals surface area contributed by atoms with Crippen LogP contribution in [0.5, 0.6) is 0 Å². The highest BCUT2D eigenvalue weighted by molar-refractivity contribution is 5.77. The second kappa shape index (κ2) is 9.18. The van der Waals surface area contributed by atoms with E-state index in [1.165, 1.54) is 0 Å². The molecule has 0 saturated heterocycles. The molecular weight excluding hydrogens is 430 g/mol. The molecular formula is C25H23N7O2. The number of hydrogen-bond acceptors (Lipinski definition) is 9. The number of nitrogens with zero attached hydrogens (tertiary/aromatic N) is 4. The molecule has 1 unspecified atom stereocenters. The fraction of sp³-hybridized carbons (Fsp3) is 0.240. The summed E-state index contributed by atoms with van der Waals surface area (Å²) in [7, 11) is 0. The summed E-state index contributed by atoms with van der Waals surface area (Å²) >= 11 is 0. The minimum Gasteiger partial charge on any atom is -0.464 e. The Hall–Kier alpha value is -4.47. The standard InChI is InChI=1S/C25H23N7O2/c1-15-3-4-16(10-26)7-21(15)32-24-29-6-5-20(31-24)17-8-18(11-27)23-19(9-17)25(2,13-30-23)14-34-22(33)12-28/h3-9,30H,12-14,28H2,1-2H3,(H,29,31,32). The molecule has 0 aliphatic carbocycles. The van der Waals surface area contributed by atoms with Gasteiger partial charge in [-0.3, -0.25) is 4.79 Å². The second-order valence-electron chi connectivity index (χ2n) is 8.37. The van der Waals surface area contributed by atoms with Gasteiger partial charge in [0.25, 0.3) is 0 Å². The first kappa shape index (κ1) is 22.7. The lowest BCUT2D eigenvalue weighted by Crippen LogP contribution is -2.33. The van der Waals surface area contributed by atoms with Crippen LogP contribution in [-0.2, 0) is 14.9 Å². The van der Waals surface area contributed by atoms with E-state index in [2.05, 4.69) is 32.7 Å². The molecule has 0 fully saturated rings. The van der Waals surface area contributed by atoms with Crippen LogP contribution in [0.15, 0.2) is 42.6 Å². The van der Waals surface area contributed by atoms with Crippen LogP contribution in [-0.4, -0.2) is 35.6 Å². The van der Waals surface area contributed by atoms with Crippen molar-refractivity contribution in [2.75, 3.05) is 30.3 Å². The van der Waals surface area contributed by atoms with Crippen molar-refractivity contribution >= 4 is 23.3 Å². The molecule has 4 N–H and O–H groups in total. The van der Waals surface area contributed by atoms with Gasteiger partial charge in [-0.1, -0.05) is 13.0 Å². The molecule has 1 aromatic heterocycles. The lowest BCUT2D eigenvalue weighted by Gasteiger charge is -2.24. The van der Waals surface area contributed by atoms with Crippen molar-refractivity contribution < 1.29 is 9.53 Å². The first-order valence-electron chi connectivity index (χ1n) is 10.7. The molecule has 0 amide bonds. The fourth-order valence-electron chi connectivity index (χ4n) is 3.88. The fourth-order valence-corrected chi connectivity index (χ4v) is 3.88. The minimum absolute atomic E-state index is 0.141. The van der Waals surface area contributed by atoms with Crippen LogP contribution < -0.4 is 16.4 Å². The quantitative estimate of drug-likeness (QED) is 0.478. The second-order valence-corrected chi connectivity index (χ2v) is 8.37. The number of aryl methyl sites for hydroxylation is 1. The lowest BCUT2D eigenvalue weighted by atomic mass is 9.83. The molecule has 1 aliphatic heterocycles. The summed E-state index contributed by atoms with van der Waals surface area (Å²) in [6.45, 7) is 4.37. The third kappa shape index (κ3) is 4.38. The van der Waals surface area contributed by atoms with Crippen molar-refractivity contribution in [1.82, 2.24) is 9.97 Å². The number of carbonyl (C=O) groups excluding carboxylic acids is 1. The number of aromatic nitrogens is 2. The van der Waals surface area contributed by atoms with Gasteiger partial charge >= 0.3 is 5.97 Å². The van der Waals surface area contributed by atoms with Gasteiger partial charge in [-0.05, 0) is 48.4 Å². The number of hydrogen-bond donors (Lipinski definition) is 3. The molecule has 170 valence electrons. The summed E-state index contributed by atoms with van der Waals surface area (Å²) in [5, 5.41) is 25.4.